The third kappa shape index (κ3) is 219. The minimum absolute atomic E-state index is 0.255. The van der Waals surface area contributed by atoms with Crippen LogP contribution in [0.4, 0.5) is 0 Å². The van der Waals surface area contributed by atoms with Gasteiger partial charge in [-0.25, -0.2) is 0 Å². The van der Waals surface area contributed by atoms with Gasteiger partial charge >= 0.3 is 0 Å². The van der Waals surface area contributed by atoms with E-state index in [-0.39, 0.29) is 17.3 Å². The average Bonchev–Trinajstić information content (AvgIpc) is 2.54. The molecule has 3 nitrogen and oxygen atoms in total. The minimum Gasteiger partial charge on any atom is -0.300 e. The number of carbonyl (C=O) groups is 3. The molecule has 0 saturated heterocycles. The number of Topliss-reactive ketones (excluding diaryl/α,β-unsaturated/α-hetero) is 3. The average molecular weight is 307 g/mol. The van der Waals surface area contributed by atoms with E-state index in [0.717, 1.165) is 0 Å². The van der Waals surface area contributed by atoms with Gasteiger partial charge in [0.25, 0.3) is 0 Å². The molecule has 0 fully saturated rings. The van der Waals surface area contributed by atoms with Crippen molar-refractivity contribution < 1.29 is 14.4 Å². The first kappa shape index (κ1) is 36.8. The lowest BCUT2D eigenvalue weighted by Crippen LogP contribution is -1.80. The lowest BCUT2D eigenvalue weighted by atomic mass is 10.4. The molecule has 21 heavy (non-hydrogen) atoms. The van der Waals surface area contributed by atoms with Crippen LogP contribution in [0.2, 0.25) is 0 Å². The predicted molar refractivity (Wildman–Crippen MR) is 97.0 cm³/mol. The highest BCUT2D eigenvalue weighted by Gasteiger charge is 1.77. The van der Waals surface area contributed by atoms with Gasteiger partial charge in [0.05, 0.1) is 0 Å². The molecule has 0 atom stereocenters. The molecular weight excluding hydrogens is 264 g/mol. The Morgan fingerprint density at radius 1 is 0.476 bits per heavy atom. The zero-order valence-electron chi connectivity index (χ0n) is 16.8. The van der Waals surface area contributed by atoms with Crippen molar-refractivity contribution in [3.05, 3.63) is 0 Å². The van der Waals surface area contributed by atoms with Gasteiger partial charge in [0, 0.05) is 19.3 Å². The second kappa shape index (κ2) is 50.9. The number of rotatable bonds is 3. The zero-order valence-corrected chi connectivity index (χ0v) is 16.8. The van der Waals surface area contributed by atoms with Gasteiger partial charge in [-0.2, -0.15) is 0 Å². The Morgan fingerprint density at radius 2 is 0.524 bits per heavy atom. The molecular formula is C18H42O3. The van der Waals surface area contributed by atoms with Crippen LogP contribution >= 0.6 is 0 Å². The molecule has 3 heteroatoms. The second-order valence-corrected chi connectivity index (χ2v) is 3.17. The molecule has 0 aliphatic rings. The van der Waals surface area contributed by atoms with E-state index < -0.39 is 0 Å². The van der Waals surface area contributed by atoms with Crippen LogP contribution in [0.25, 0.3) is 0 Å². The van der Waals surface area contributed by atoms with E-state index in [1.165, 1.54) is 0 Å². The van der Waals surface area contributed by atoms with Crippen LogP contribution in [-0.4, -0.2) is 17.3 Å². The van der Waals surface area contributed by atoms with Crippen molar-refractivity contribution in [2.24, 2.45) is 0 Å². The summed E-state index contributed by atoms with van der Waals surface area (Å²) in [5, 5.41) is 0. The molecule has 0 aromatic heterocycles. The molecule has 0 amide bonds. The highest BCUT2D eigenvalue weighted by Crippen LogP contribution is 1.72. The first-order valence-corrected chi connectivity index (χ1v) is 8.29. The topological polar surface area (TPSA) is 51.2 Å². The van der Waals surface area contributed by atoms with Crippen LogP contribution in [0.3, 0.4) is 0 Å². The second-order valence-electron chi connectivity index (χ2n) is 3.17. The molecule has 0 aromatic carbocycles. The van der Waals surface area contributed by atoms with Crippen molar-refractivity contribution in [2.75, 3.05) is 0 Å². The Balaban J connectivity index is -0.0000000340. The third-order valence-corrected chi connectivity index (χ3v) is 1.49. The molecule has 0 aliphatic heterocycles. The molecule has 0 heterocycles. The van der Waals surface area contributed by atoms with Gasteiger partial charge in [0.15, 0.2) is 0 Å². The van der Waals surface area contributed by atoms with Gasteiger partial charge in [-0.3, -0.25) is 0 Å². The predicted octanol–water partition coefficient (Wildman–Crippen LogP) is 6.03. The normalized spacial score (nSPS) is 6.29. The Hall–Kier alpha value is -0.990. The summed E-state index contributed by atoms with van der Waals surface area (Å²) in [7, 11) is 0. The van der Waals surface area contributed by atoms with Crippen LogP contribution in [0.5, 0.6) is 0 Å². The van der Waals surface area contributed by atoms with Gasteiger partial charge in [0.1, 0.15) is 17.3 Å². The molecule has 0 radical (unpaired) electrons. The quantitative estimate of drug-likeness (QED) is 0.639. The Bertz CT molecular complexity index is 152. The van der Waals surface area contributed by atoms with E-state index in [2.05, 4.69) is 0 Å². The molecule has 0 rings (SSSR count). The molecule has 0 N–H and O–H groups in total. The third-order valence-electron chi connectivity index (χ3n) is 1.49. The van der Waals surface area contributed by atoms with Crippen molar-refractivity contribution in [2.45, 2.75) is 102 Å². The molecule has 0 spiro atoms. The fourth-order valence-electron chi connectivity index (χ4n) is 0. The van der Waals surface area contributed by atoms with E-state index >= 15 is 0 Å². The summed E-state index contributed by atoms with van der Waals surface area (Å²) in [6.45, 7) is 22.3. The van der Waals surface area contributed by atoms with E-state index in [9.17, 15) is 14.4 Å². The Labute approximate surface area is 134 Å². The van der Waals surface area contributed by atoms with Crippen molar-refractivity contribution in [3.63, 3.8) is 0 Å². The van der Waals surface area contributed by atoms with E-state index in [1.54, 1.807) is 20.8 Å². The molecule has 132 valence electrons. The molecule has 0 aromatic rings. The van der Waals surface area contributed by atoms with Gasteiger partial charge < -0.3 is 14.4 Å². The lowest BCUT2D eigenvalue weighted by molar-refractivity contribution is -0.117. The van der Waals surface area contributed by atoms with Gasteiger partial charge in [-0.05, 0) is 20.8 Å². The van der Waals surface area contributed by atoms with Crippen molar-refractivity contribution >= 4 is 17.3 Å². The maximum Gasteiger partial charge on any atom is 0.129 e. The SMILES string of the molecule is CC.CC.CC.CCC(C)=O.CCC(C)=O.CCC(C)=O. The molecule has 0 saturated carbocycles. The summed E-state index contributed by atoms with van der Waals surface area (Å²) in [6, 6.07) is 0. The Morgan fingerprint density at radius 3 is 0.524 bits per heavy atom. The van der Waals surface area contributed by atoms with Gasteiger partial charge in [-0.15, -0.1) is 0 Å². The first-order chi connectivity index (χ1) is 9.81. The van der Waals surface area contributed by atoms with Crippen molar-refractivity contribution in [3.8, 4) is 0 Å². The molecule has 0 bridgehead atoms. The maximum absolute atomic E-state index is 9.81. The number of carbonyl (C=O) groups excluding carboxylic acids is 3. The highest BCUT2D eigenvalue weighted by molar-refractivity contribution is 5.75. The van der Waals surface area contributed by atoms with Gasteiger partial charge in [0.2, 0.25) is 0 Å². The number of hydrogen-bond donors (Lipinski definition) is 0. The van der Waals surface area contributed by atoms with E-state index in [1.807, 2.05) is 62.3 Å². The summed E-state index contributed by atoms with van der Waals surface area (Å²) >= 11 is 0. The van der Waals surface area contributed by atoms with Gasteiger partial charge in [-0.1, -0.05) is 62.3 Å². The standard InChI is InChI=1S/3C4H8O.3C2H6/c3*1-3-4(2)5;3*1-2/h3*3H2,1-2H3;3*1-2H3. The summed E-state index contributed by atoms with van der Waals surface area (Å²) in [4.78, 5) is 29.4. The lowest BCUT2D eigenvalue weighted by Gasteiger charge is -1.71. The van der Waals surface area contributed by atoms with Crippen molar-refractivity contribution in [1.82, 2.24) is 0 Å². The van der Waals surface area contributed by atoms with Crippen molar-refractivity contribution in [1.29, 1.82) is 0 Å². The minimum atomic E-state index is 0.255. The fraction of sp³-hybridized carbons (Fsp3) is 0.833. The Kier molecular flexibility index (Phi) is 89.2. The molecule has 0 unspecified atom stereocenters. The van der Waals surface area contributed by atoms with Crippen LogP contribution < -0.4 is 0 Å². The van der Waals surface area contributed by atoms with Crippen LogP contribution in [-0.2, 0) is 14.4 Å². The number of hydrogen-bond acceptors (Lipinski definition) is 3. The highest BCUT2D eigenvalue weighted by atomic mass is 16.1. The monoisotopic (exact) mass is 306 g/mol. The zero-order chi connectivity index (χ0) is 18.9. The first-order valence-electron chi connectivity index (χ1n) is 8.29. The maximum atomic E-state index is 9.81. The summed E-state index contributed by atoms with van der Waals surface area (Å²) in [5.74, 6) is 0.764. The largest absolute Gasteiger partial charge is 0.300 e. The van der Waals surface area contributed by atoms with E-state index in [0.29, 0.717) is 19.3 Å². The molecule has 0 aliphatic carbocycles. The summed E-state index contributed by atoms with van der Waals surface area (Å²) in [6.07, 6.45) is 2.00. The van der Waals surface area contributed by atoms with Crippen LogP contribution in [0.1, 0.15) is 102 Å². The smallest absolute Gasteiger partial charge is 0.129 e. The fourth-order valence-corrected chi connectivity index (χ4v) is 0. The van der Waals surface area contributed by atoms with Crippen LogP contribution in [0, 0.1) is 0 Å². The van der Waals surface area contributed by atoms with E-state index in [4.69, 9.17) is 0 Å². The van der Waals surface area contributed by atoms with Crippen LogP contribution in [0.15, 0.2) is 0 Å². The summed E-state index contributed by atoms with van der Waals surface area (Å²) in [5.41, 5.74) is 0. The number of ketones is 3. The summed E-state index contributed by atoms with van der Waals surface area (Å²) < 4.78 is 0.